The molecule has 3 fully saturated rings. The van der Waals surface area contributed by atoms with Crippen LogP contribution in [0.5, 0.6) is 0 Å². The Balaban J connectivity index is 1.56. The molecule has 0 N–H and O–H groups in total. The average Bonchev–Trinajstić information content (AvgIpc) is 3.36. The van der Waals surface area contributed by atoms with Crippen molar-refractivity contribution in [1.82, 2.24) is 14.3 Å². The number of hydrogen-bond acceptors (Lipinski definition) is 8. The van der Waals surface area contributed by atoms with Crippen molar-refractivity contribution in [1.29, 1.82) is 0 Å². The zero-order valence-electron chi connectivity index (χ0n) is 17.8. The smallest absolute Gasteiger partial charge is 0.267 e. The summed E-state index contributed by atoms with van der Waals surface area (Å²) in [6.45, 7) is 5.08. The fourth-order valence-corrected chi connectivity index (χ4v) is 5.64. The Morgan fingerprint density at radius 1 is 1.22 bits per heavy atom. The lowest BCUT2D eigenvalue weighted by Gasteiger charge is -2.38. The molecule has 3 saturated heterocycles. The summed E-state index contributed by atoms with van der Waals surface area (Å²) < 4.78 is 13.7. The lowest BCUT2D eigenvalue weighted by molar-refractivity contribution is -0.169. The van der Waals surface area contributed by atoms with E-state index in [1.54, 1.807) is 23.2 Å². The summed E-state index contributed by atoms with van der Waals surface area (Å²) in [7, 11) is 0. The van der Waals surface area contributed by atoms with Gasteiger partial charge in [0.1, 0.15) is 15.8 Å². The number of thiocarbonyl (C=S) groups is 1. The van der Waals surface area contributed by atoms with Crippen molar-refractivity contribution in [2.24, 2.45) is 0 Å². The molecule has 0 saturated carbocycles. The molecule has 2 aromatic rings. The van der Waals surface area contributed by atoms with Crippen molar-refractivity contribution in [2.45, 2.75) is 32.0 Å². The molecule has 5 heterocycles. The molecule has 3 aliphatic heterocycles. The van der Waals surface area contributed by atoms with Gasteiger partial charge in [0, 0.05) is 38.7 Å². The minimum Gasteiger partial charge on any atom is -0.355 e. The fourth-order valence-electron chi connectivity index (χ4n) is 4.35. The van der Waals surface area contributed by atoms with E-state index in [1.165, 1.54) is 16.2 Å². The summed E-state index contributed by atoms with van der Waals surface area (Å²) in [6.07, 6.45) is 5.55. The van der Waals surface area contributed by atoms with Crippen molar-refractivity contribution < 1.29 is 14.3 Å². The van der Waals surface area contributed by atoms with Gasteiger partial charge in [0.2, 0.25) is 0 Å². The lowest BCUT2D eigenvalue weighted by atomic mass is 10.0. The van der Waals surface area contributed by atoms with Crippen LogP contribution in [-0.2, 0) is 14.3 Å². The number of ether oxygens (including phenoxy) is 2. The number of carbonyl (C=O) groups is 1. The highest BCUT2D eigenvalue weighted by Crippen LogP contribution is 2.36. The topological polar surface area (TPSA) is 76.4 Å². The number of rotatable bonds is 4. The lowest BCUT2D eigenvalue weighted by Crippen LogP contribution is -2.46. The molecule has 0 atom stereocenters. The first-order valence-electron chi connectivity index (χ1n) is 10.8. The van der Waals surface area contributed by atoms with Crippen LogP contribution >= 0.6 is 24.0 Å². The van der Waals surface area contributed by atoms with Crippen molar-refractivity contribution in [3.63, 3.8) is 0 Å². The van der Waals surface area contributed by atoms with E-state index in [9.17, 15) is 9.59 Å². The van der Waals surface area contributed by atoms with E-state index in [4.69, 9.17) is 26.7 Å². The van der Waals surface area contributed by atoms with Gasteiger partial charge < -0.3 is 14.4 Å². The van der Waals surface area contributed by atoms with Gasteiger partial charge >= 0.3 is 0 Å². The Bertz CT molecular complexity index is 1160. The molecule has 8 nitrogen and oxygen atoms in total. The summed E-state index contributed by atoms with van der Waals surface area (Å²) in [4.78, 5) is 35.3. The highest BCUT2D eigenvalue weighted by Gasteiger charge is 2.41. The number of aromatic nitrogens is 2. The molecule has 3 aliphatic rings. The van der Waals surface area contributed by atoms with Crippen LogP contribution in [0.25, 0.3) is 11.7 Å². The van der Waals surface area contributed by atoms with Crippen LogP contribution in [0.3, 0.4) is 0 Å². The Labute approximate surface area is 195 Å². The van der Waals surface area contributed by atoms with Gasteiger partial charge in [-0.25, -0.2) is 4.98 Å². The number of amides is 1. The molecule has 0 radical (unpaired) electrons. The maximum absolute atomic E-state index is 13.5. The third-order valence-electron chi connectivity index (χ3n) is 5.98. The van der Waals surface area contributed by atoms with Crippen molar-refractivity contribution in [3.8, 4) is 0 Å². The predicted molar refractivity (Wildman–Crippen MR) is 128 cm³/mol. The molecular formula is C22H24N4O4S2. The van der Waals surface area contributed by atoms with Crippen molar-refractivity contribution in [3.05, 3.63) is 45.2 Å². The Kier molecular flexibility index (Phi) is 5.79. The summed E-state index contributed by atoms with van der Waals surface area (Å²) in [5, 5.41) is 0. The summed E-state index contributed by atoms with van der Waals surface area (Å²) >= 11 is 6.63. The summed E-state index contributed by atoms with van der Waals surface area (Å²) in [6, 6.07) is 5.45. The van der Waals surface area contributed by atoms with Crippen LogP contribution in [0.4, 0.5) is 5.82 Å². The third-order valence-corrected chi connectivity index (χ3v) is 7.36. The quantitative estimate of drug-likeness (QED) is 0.497. The number of fused-ring (bicyclic) bond motifs is 1. The molecule has 1 spiro atoms. The summed E-state index contributed by atoms with van der Waals surface area (Å²) in [5.74, 6) is -0.101. The van der Waals surface area contributed by atoms with Gasteiger partial charge in [-0.15, -0.1) is 0 Å². The van der Waals surface area contributed by atoms with Gasteiger partial charge in [0.05, 0.1) is 23.7 Å². The molecule has 5 rings (SSSR count). The monoisotopic (exact) mass is 472 g/mol. The van der Waals surface area contributed by atoms with E-state index in [2.05, 4.69) is 4.90 Å². The van der Waals surface area contributed by atoms with Crippen LogP contribution in [0.15, 0.2) is 34.1 Å². The van der Waals surface area contributed by atoms with Gasteiger partial charge in [-0.3, -0.25) is 18.9 Å². The Morgan fingerprint density at radius 2 is 1.97 bits per heavy atom. The van der Waals surface area contributed by atoms with Gasteiger partial charge in [0.25, 0.3) is 11.5 Å². The number of thioether (sulfide) groups is 1. The van der Waals surface area contributed by atoms with Crippen LogP contribution in [0.2, 0.25) is 0 Å². The van der Waals surface area contributed by atoms with E-state index in [-0.39, 0.29) is 11.5 Å². The van der Waals surface area contributed by atoms with E-state index in [0.29, 0.717) is 71.9 Å². The van der Waals surface area contributed by atoms with Gasteiger partial charge in [-0.05, 0) is 24.6 Å². The normalized spacial score (nSPS) is 22.1. The number of pyridine rings is 1. The molecule has 168 valence electrons. The van der Waals surface area contributed by atoms with E-state index in [1.807, 2.05) is 19.1 Å². The maximum atomic E-state index is 13.5. The standard InChI is InChI=1S/C22H24N4O4S2/c1-2-8-26-20(28)16(32-21(26)31)14-15-18(23-17-5-3-4-9-25(17)19(15)27)24-10-6-22(7-11-24)29-12-13-30-22/h3-5,9,14H,2,6-8,10-13H2,1H3. The zero-order valence-corrected chi connectivity index (χ0v) is 19.4. The second-order valence-electron chi connectivity index (χ2n) is 8.01. The molecule has 2 aromatic heterocycles. The largest absolute Gasteiger partial charge is 0.355 e. The summed E-state index contributed by atoms with van der Waals surface area (Å²) in [5.41, 5.74) is 0.756. The zero-order chi connectivity index (χ0) is 22.3. The third kappa shape index (κ3) is 3.75. The van der Waals surface area contributed by atoms with Crippen molar-refractivity contribution >= 4 is 51.7 Å². The molecule has 10 heteroatoms. The van der Waals surface area contributed by atoms with Crippen LogP contribution < -0.4 is 10.5 Å². The first kappa shape index (κ1) is 21.6. The van der Waals surface area contributed by atoms with Crippen LogP contribution in [0, 0.1) is 0 Å². The van der Waals surface area contributed by atoms with Crippen LogP contribution in [0.1, 0.15) is 31.7 Å². The number of nitrogens with zero attached hydrogens (tertiary/aromatic N) is 4. The van der Waals surface area contributed by atoms with Gasteiger partial charge in [-0.1, -0.05) is 37.0 Å². The second-order valence-corrected chi connectivity index (χ2v) is 9.69. The molecular weight excluding hydrogens is 448 g/mol. The molecule has 32 heavy (non-hydrogen) atoms. The molecule has 0 unspecified atom stereocenters. The minimum atomic E-state index is -0.523. The molecule has 0 aromatic carbocycles. The van der Waals surface area contributed by atoms with E-state index in [0.717, 1.165) is 6.42 Å². The SMILES string of the molecule is CCCN1C(=O)C(=Cc2c(N3CCC4(CC3)OCCO4)nc3ccccn3c2=O)SC1=S. The highest BCUT2D eigenvalue weighted by atomic mass is 32.2. The second kappa shape index (κ2) is 8.58. The molecule has 0 aliphatic carbocycles. The van der Waals surface area contributed by atoms with Crippen LogP contribution in [-0.4, -0.2) is 63.1 Å². The fraction of sp³-hybridized carbons (Fsp3) is 0.455. The van der Waals surface area contributed by atoms with Crippen molar-refractivity contribution in [2.75, 3.05) is 37.7 Å². The van der Waals surface area contributed by atoms with E-state index >= 15 is 0 Å². The minimum absolute atomic E-state index is 0.157. The number of piperidine rings is 1. The highest BCUT2D eigenvalue weighted by molar-refractivity contribution is 8.26. The van der Waals surface area contributed by atoms with Gasteiger partial charge in [0.15, 0.2) is 5.79 Å². The van der Waals surface area contributed by atoms with E-state index < -0.39 is 5.79 Å². The van der Waals surface area contributed by atoms with Gasteiger partial charge in [-0.2, -0.15) is 0 Å². The first-order chi connectivity index (χ1) is 15.5. The molecule has 1 amide bonds. The maximum Gasteiger partial charge on any atom is 0.267 e. The Hall–Kier alpha value is -2.27. The average molecular weight is 473 g/mol. The number of hydrogen-bond donors (Lipinski definition) is 0. The number of carbonyl (C=O) groups excluding carboxylic acids is 1. The first-order valence-corrected chi connectivity index (χ1v) is 12.0. The molecule has 0 bridgehead atoms. The predicted octanol–water partition coefficient (Wildman–Crippen LogP) is 2.65. The number of anilines is 1. The Morgan fingerprint density at radius 3 is 2.69 bits per heavy atom.